The lowest BCUT2D eigenvalue weighted by molar-refractivity contribution is -0.127. The third kappa shape index (κ3) is 4.47. The Kier molecular flexibility index (Phi) is 5.91. The molecule has 1 aliphatic rings. The van der Waals surface area contributed by atoms with E-state index in [-0.39, 0.29) is 10.7 Å². The molecule has 9 heteroatoms. The molecular formula is C19H15ClN2O5S. The molecule has 0 spiro atoms. The van der Waals surface area contributed by atoms with Crippen molar-refractivity contribution in [3.8, 4) is 11.5 Å². The second-order valence-corrected chi connectivity index (χ2v) is 7.16. The van der Waals surface area contributed by atoms with E-state index in [1.54, 1.807) is 24.3 Å². The van der Waals surface area contributed by atoms with Gasteiger partial charge < -0.3 is 15.2 Å². The molecule has 1 heterocycles. The number of halogens is 1. The summed E-state index contributed by atoms with van der Waals surface area (Å²) in [5, 5.41) is 11.9. The van der Waals surface area contributed by atoms with Crippen LogP contribution in [0.3, 0.4) is 0 Å². The number of carbonyl (C=O) groups is 3. The Morgan fingerprint density at radius 3 is 2.75 bits per heavy atom. The SMILES string of the molecule is COc1ccc(NC(=O)CN2C(=O)S/C(=C/c3cccc(O)c3)C2=O)cc1Cl. The van der Waals surface area contributed by atoms with Crippen LogP contribution in [0.25, 0.3) is 6.08 Å². The van der Waals surface area contributed by atoms with Crippen LogP contribution in [-0.2, 0) is 9.59 Å². The fourth-order valence-electron chi connectivity index (χ4n) is 2.49. The lowest BCUT2D eigenvalue weighted by Gasteiger charge is -2.13. The zero-order chi connectivity index (χ0) is 20.3. The molecule has 2 N–H and O–H groups in total. The number of aromatic hydroxyl groups is 1. The molecule has 1 fully saturated rings. The number of rotatable bonds is 5. The molecule has 1 saturated heterocycles. The number of ether oxygens (including phenoxy) is 1. The maximum Gasteiger partial charge on any atom is 0.294 e. The van der Waals surface area contributed by atoms with Gasteiger partial charge in [0.1, 0.15) is 18.0 Å². The number of methoxy groups -OCH3 is 1. The van der Waals surface area contributed by atoms with E-state index in [9.17, 15) is 19.5 Å². The molecule has 1 aliphatic heterocycles. The van der Waals surface area contributed by atoms with Crippen LogP contribution in [0, 0.1) is 0 Å². The molecule has 0 saturated carbocycles. The first kappa shape index (κ1) is 19.8. The first-order chi connectivity index (χ1) is 13.4. The number of phenols is 1. The van der Waals surface area contributed by atoms with E-state index in [4.69, 9.17) is 16.3 Å². The number of imide groups is 1. The van der Waals surface area contributed by atoms with Gasteiger partial charge in [-0.15, -0.1) is 0 Å². The Balaban J connectivity index is 1.68. The van der Waals surface area contributed by atoms with Crippen molar-refractivity contribution >= 4 is 52.2 Å². The summed E-state index contributed by atoms with van der Waals surface area (Å²) < 4.78 is 5.04. The number of phenolic OH excluding ortho intramolecular Hbond substituents is 1. The van der Waals surface area contributed by atoms with Crippen LogP contribution in [0.5, 0.6) is 11.5 Å². The minimum atomic E-state index is -0.568. The van der Waals surface area contributed by atoms with E-state index in [1.807, 2.05) is 0 Å². The van der Waals surface area contributed by atoms with Gasteiger partial charge in [0, 0.05) is 5.69 Å². The molecule has 0 radical (unpaired) electrons. The maximum atomic E-state index is 12.5. The fourth-order valence-corrected chi connectivity index (χ4v) is 3.59. The van der Waals surface area contributed by atoms with Crippen LogP contribution < -0.4 is 10.1 Å². The standard InChI is InChI=1S/C19H15ClN2O5S/c1-27-15-6-5-12(9-14(15)20)21-17(24)10-22-18(25)16(28-19(22)26)8-11-3-2-4-13(23)7-11/h2-9,23H,10H2,1H3,(H,21,24)/b16-8+. The number of anilines is 1. The molecule has 3 rings (SSSR count). The van der Waals surface area contributed by atoms with Gasteiger partial charge >= 0.3 is 0 Å². The van der Waals surface area contributed by atoms with Crippen LogP contribution >= 0.6 is 23.4 Å². The Labute approximate surface area is 169 Å². The highest BCUT2D eigenvalue weighted by Gasteiger charge is 2.36. The van der Waals surface area contributed by atoms with Crippen molar-refractivity contribution in [1.82, 2.24) is 4.90 Å². The average Bonchev–Trinajstić information content (AvgIpc) is 2.89. The summed E-state index contributed by atoms with van der Waals surface area (Å²) >= 11 is 6.75. The molecule has 0 bridgehead atoms. The molecule has 28 heavy (non-hydrogen) atoms. The number of hydrogen-bond donors (Lipinski definition) is 2. The molecule has 2 aromatic carbocycles. The Morgan fingerprint density at radius 1 is 1.29 bits per heavy atom. The van der Waals surface area contributed by atoms with Gasteiger partial charge in [-0.05, 0) is 53.7 Å². The number of nitrogens with zero attached hydrogens (tertiary/aromatic N) is 1. The lowest BCUT2D eigenvalue weighted by Crippen LogP contribution is -2.36. The third-order valence-electron chi connectivity index (χ3n) is 3.78. The van der Waals surface area contributed by atoms with Crippen LogP contribution in [-0.4, -0.2) is 40.7 Å². The number of amides is 3. The number of benzene rings is 2. The van der Waals surface area contributed by atoms with Crippen molar-refractivity contribution < 1.29 is 24.2 Å². The Bertz CT molecular complexity index is 992. The third-order valence-corrected chi connectivity index (χ3v) is 4.98. The highest BCUT2D eigenvalue weighted by Crippen LogP contribution is 2.32. The summed E-state index contributed by atoms with van der Waals surface area (Å²) in [6.45, 7) is -0.425. The second-order valence-electron chi connectivity index (χ2n) is 5.76. The van der Waals surface area contributed by atoms with Gasteiger partial charge in [-0.1, -0.05) is 23.7 Å². The summed E-state index contributed by atoms with van der Waals surface area (Å²) in [5.41, 5.74) is 0.987. The first-order valence-corrected chi connectivity index (χ1v) is 9.24. The monoisotopic (exact) mass is 418 g/mol. The number of hydrogen-bond acceptors (Lipinski definition) is 6. The minimum Gasteiger partial charge on any atom is -0.508 e. The summed E-state index contributed by atoms with van der Waals surface area (Å²) in [4.78, 5) is 37.9. The quantitative estimate of drug-likeness (QED) is 0.718. The maximum absolute atomic E-state index is 12.5. The minimum absolute atomic E-state index is 0.0468. The molecule has 0 atom stereocenters. The first-order valence-electron chi connectivity index (χ1n) is 8.05. The smallest absolute Gasteiger partial charge is 0.294 e. The molecule has 0 unspecified atom stereocenters. The van der Waals surface area contributed by atoms with Crippen LogP contribution in [0.4, 0.5) is 10.5 Å². The molecule has 0 aliphatic carbocycles. The summed E-state index contributed by atoms with van der Waals surface area (Å²) in [6, 6.07) is 11.0. The average molecular weight is 419 g/mol. The van der Waals surface area contributed by atoms with Gasteiger partial charge in [0.25, 0.3) is 11.1 Å². The fraction of sp³-hybridized carbons (Fsp3) is 0.105. The van der Waals surface area contributed by atoms with Crippen molar-refractivity contribution in [1.29, 1.82) is 0 Å². The van der Waals surface area contributed by atoms with Crippen molar-refractivity contribution in [2.45, 2.75) is 0 Å². The highest BCUT2D eigenvalue weighted by atomic mass is 35.5. The normalized spacial score (nSPS) is 15.2. The molecule has 3 amide bonds. The number of thioether (sulfide) groups is 1. The van der Waals surface area contributed by atoms with E-state index >= 15 is 0 Å². The molecule has 2 aromatic rings. The topological polar surface area (TPSA) is 95.9 Å². The Hall–Kier alpha value is -2.97. The molecular weight excluding hydrogens is 404 g/mol. The summed E-state index contributed by atoms with van der Waals surface area (Å²) in [7, 11) is 1.48. The molecule has 0 aromatic heterocycles. The van der Waals surface area contributed by atoms with Gasteiger partial charge in [0.05, 0.1) is 17.0 Å². The van der Waals surface area contributed by atoms with Gasteiger partial charge in [-0.2, -0.15) is 0 Å². The van der Waals surface area contributed by atoms with E-state index in [0.717, 1.165) is 16.7 Å². The van der Waals surface area contributed by atoms with E-state index in [1.165, 1.54) is 31.4 Å². The van der Waals surface area contributed by atoms with E-state index in [2.05, 4.69) is 5.32 Å². The second kappa shape index (κ2) is 8.37. The van der Waals surface area contributed by atoms with Gasteiger partial charge in [-0.3, -0.25) is 19.3 Å². The van der Waals surface area contributed by atoms with Crippen LogP contribution in [0.2, 0.25) is 5.02 Å². The predicted octanol–water partition coefficient (Wildman–Crippen LogP) is 3.73. The Morgan fingerprint density at radius 2 is 2.07 bits per heavy atom. The van der Waals surface area contributed by atoms with E-state index < -0.39 is 23.6 Å². The van der Waals surface area contributed by atoms with Crippen LogP contribution in [0.15, 0.2) is 47.4 Å². The lowest BCUT2D eigenvalue weighted by atomic mass is 10.2. The summed E-state index contributed by atoms with van der Waals surface area (Å²) in [6.07, 6.45) is 1.49. The predicted molar refractivity (Wildman–Crippen MR) is 107 cm³/mol. The van der Waals surface area contributed by atoms with Crippen molar-refractivity contribution in [2.24, 2.45) is 0 Å². The van der Waals surface area contributed by atoms with E-state index in [0.29, 0.717) is 22.0 Å². The number of carbonyl (C=O) groups excluding carboxylic acids is 3. The van der Waals surface area contributed by atoms with Crippen molar-refractivity contribution in [3.05, 3.63) is 58.0 Å². The van der Waals surface area contributed by atoms with Crippen molar-refractivity contribution in [3.63, 3.8) is 0 Å². The highest BCUT2D eigenvalue weighted by molar-refractivity contribution is 8.18. The van der Waals surface area contributed by atoms with Gasteiger partial charge in [-0.25, -0.2) is 0 Å². The van der Waals surface area contributed by atoms with Gasteiger partial charge in [0.2, 0.25) is 5.91 Å². The van der Waals surface area contributed by atoms with Crippen molar-refractivity contribution in [2.75, 3.05) is 19.0 Å². The zero-order valence-corrected chi connectivity index (χ0v) is 16.2. The van der Waals surface area contributed by atoms with Gasteiger partial charge in [0.15, 0.2) is 0 Å². The number of nitrogens with one attached hydrogen (secondary N) is 1. The molecule has 7 nitrogen and oxygen atoms in total. The van der Waals surface area contributed by atoms with Crippen LogP contribution in [0.1, 0.15) is 5.56 Å². The molecule has 144 valence electrons. The summed E-state index contributed by atoms with van der Waals surface area (Å²) in [5.74, 6) is -0.600. The zero-order valence-electron chi connectivity index (χ0n) is 14.6. The largest absolute Gasteiger partial charge is 0.508 e.